The molecule has 1 amide bonds. The molecule has 0 spiro atoms. The molecule has 2 aromatic carbocycles. The molecule has 1 heterocycles. The molecule has 0 aliphatic carbocycles. The average molecular weight is 329 g/mol. The molecule has 0 saturated carbocycles. The molecule has 3 nitrogen and oxygen atoms in total. The number of halogens is 1. The summed E-state index contributed by atoms with van der Waals surface area (Å²) in [7, 11) is 0. The lowest BCUT2D eigenvalue weighted by Crippen LogP contribution is -2.38. The Morgan fingerprint density at radius 1 is 1.04 bits per heavy atom. The topological polar surface area (TPSA) is 41.1 Å². The van der Waals surface area contributed by atoms with Gasteiger partial charge in [0.2, 0.25) is 0 Å². The number of benzene rings is 2. The number of piperidine rings is 1. The van der Waals surface area contributed by atoms with Crippen molar-refractivity contribution >= 4 is 17.5 Å². The van der Waals surface area contributed by atoms with Gasteiger partial charge in [-0.1, -0.05) is 41.9 Å². The van der Waals surface area contributed by atoms with Crippen LogP contribution in [0.2, 0.25) is 5.02 Å². The van der Waals surface area contributed by atoms with E-state index < -0.39 is 0 Å². The van der Waals surface area contributed by atoms with Gasteiger partial charge in [0.05, 0.1) is 6.04 Å². The molecule has 120 valence electrons. The number of hydrogen-bond donors (Lipinski definition) is 2. The maximum absolute atomic E-state index is 12.6. The van der Waals surface area contributed by atoms with Crippen LogP contribution in [0.1, 0.15) is 34.8 Å². The van der Waals surface area contributed by atoms with E-state index >= 15 is 0 Å². The third-order valence-corrected chi connectivity index (χ3v) is 4.66. The zero-order valence-electron chi connectivity index (χ0n) is 13.0. The summed E-state index contributed by atoms with van der Waals surface area (Å²) in [5.41, 5.74) is 1.81. The summed E-state index contributed by atoms with van der Waals surface area (Å²) in [6.45, 7) is 2.01. The Hall–Kier alpha value is -1.84. The molecule has 1 fully saturated rings. The average Bonchev–Trinajstić information content (AvgIpc) is 2.61. The zero-order valence-corrected chi connectivity index (χ0v) is 13.7. The Labute approximate surface area is 142 Å². The molecule has 2 aromatic rings. The summed E-state index contributed by atoms with van der Waals surface area (Å²) in [5.74, 6) is 0.406. The standard InChI is InChI=1S/C19H21ClN2O/c20-17-8-6-16(7-9-17)19(23)22-18(14-4-2-1-3-5-14)15-10-12-21-13-11-15/h1-9,15,18,21H,10-13H2,(H,22,23). The number of rotatable bonds is 4. The summed E-state index contributed by atoms with van der Waals surface area (Å²) >= 11 is 5.90. The van der Waals surface area contributed by atoms with Gasteiger partial charge in [-0.2, -0.15) is 0 Å². The van der Waals surface area contributed by atoms with E-state index in [0.717, 1.165) is 25.9 Å². The van der Waals surface area contributed by atoms with Gasteiger partial charge in [0.1, 0.15) is 0 Å². The van der Waals surface area contributed by atoms with E-state index in [9.17, 15) is 4.79 Å². The van der Waals surface area contributed by atoms with Crippen molar-refractivity contribution in [2.24, 2.45) is 5.92 Å². The highest BCUT2D eigenvalue weighted by molar-refractivity contribution is 6.30. The minimum absolute atomic E-state index is 0.0430. The number of nitrogens with one attached hydrogen (secondary N) is 2. The van der Waals surface area contributed by atoms with Crippen LogP contribution in [0.3, 0.4) is 0 Å². The van der Waals surface area contributed by atoms with Crippen LogP contribution in [0.4, 0.5) is 0 Å². The van der Waals surface area contributed by atoms with Gasteiger partial charge < -0.3 is 10.6 Å². The molecule has 1 saturated heterocycles. The molecular weight excluding hydrogens is 308 g/mol. The van der Waals surface area contributed by atoms with Crippen LogP contribution >= 0.6 is 11.6 Å². The van der Waals surface area contributed by atoms with E-state index in [1.165, 1.54) is 5.56 Å². The molecule has 1 aliphatic heterocycles. The Bertz CT molecular complexity index is 636. The SMILES string of the molecule is O=C(NC(c1ccccc1)C1CCNCC1)c1ccc(Cl)cc1. The molecular formula is C19H21ClN2O. The number of hydrogen-bond acceptors (Lipinski definition) is 2. The number of amides is 1. The predicted octanol–water partition coefficient (Wildman–Crippen LogP) is 3.81. The van der Waals surface area contributed by atoms with Gasteiger partial charge in [-0.15, -0.1) is 0 Å². The van der Waals surface area contributed by atoms with E-state index in [1.54, 1.807) is 24.3 Å². The lowest BCUT2D eigenvalue weighted by molar-refractivity contribution is 0.0914. The van der Waals surface area contributed by atoms with Crippen LogP contribution in [0.5, 0.6) is 0 Å². The number of carbonyl (C=O) groups is 1. The van der Waals surface area contributed by atoms with Gasteiger partial charge in [0.15, 0.2) is 0 Å². The Balaban J connectivity index is 1.80. The van der Waals surface area contributed by atoms with E-state index in [0.29, 0.717) is 16.5 Å². The van der Waals surface area contributed by atoms with E-state index in [-0.39, 0.29) is 11.9 Å². The zero-order chi connectivity index (χ0) is 16.1. The van der Waals surface area contributed by atoms with Gasteiger partial charge in [0.25, 0.3) is 5.91 Å². The fourth-order valence-corrected chi connectivity index (χ4v) is 3.26. The second-order valence-corrected chi connectivity index (χ2v) is 6.39. The first-order chi connectivity index (χ1) is 11.2. The first kappa shape index (κ1) is 16.0. The third-order valence-electron chi connectivity index (χ3n) is 4.41. The molecule has 1 unspecified atom stereocenters. The first-order valence-corrected chi connectivity index (χ1v) is 8.44. The van der Waals surface area contributed by atoms with E-state index in [1.807, 2.05) is 18.2 Å². The molecule has 4 heteroatoms. The first-order valence-electron chi connectivity index (χ1n) is 8.06. The molecule has 23 heavy (non-hydrogen) atoms. The molecule has 1 atom stereocenters. The van der Waals surface area contributed by atoms with Crippen LogP contribution in [0.15, 0.2) is 54.6 Å². The van der Waals surface area contributed by atoms with Gasteiger partial charge in [-0.3, -0.25) is 4.79 Å². The van der Waals surface area contributed by atoms with Crippen molar-refractivity contribution < 1.29 is 4.79 Å². The lowest BCUT2D eigenvalue weighted by Gasteiger charge is -2.31. The summed E-state index contributed by atoms with van der Waals surface area (Å²) in [5, 5.41) is 7.25. The van der Waals surface area contributed by atoms with Gasteiger partial charge >= 0.3 is 0 Å². The van der Waals surface area contributed by atoms with Crippen molar-refractivity contribution in [3.05, 3.63) is 70.7 Å². The fraction of sp³-hybridized carbons (Fsp3) is 0.316. The van der Waals surface area contributed by atoms with Crippen molar-refractivity contribution in [3.63, 3.8) is 0 Å². The second-order valence-electron chi connectivity index (χ2n) is 5.96. The van der Waals surface area contributed by atoms with Crippen LogP contribution in [0.25, 0.3) is 0 Å². The molecule has 0 aromatic heterocycles. The van der Waals surface area contributed by atoms with Gasteiger partial charge in [-0.25, -0.2) is 0 Å². The minimum atomic E-state index is -0.0472. The maximum atomic E-state index is 12.6. The van der Waals surface area contributed by atoms with E-state index in [2.05, 4.69) is 22.8 Å². The molecule has 0 radical (unpaired) electrons. The molecule has 3 rings (SSSR count). The Kier molecular flexibility index (Phi) is 5.31. The van der Waals surface area contributed by atoms with Gasteiger partial charge in [-0.05, 0) is 61.7 Å². The summed E-state index contributed by atoms with van der Waals surface area (Å²) < 4.78 is 0. The second kappa shape index (κ2) is 7.62. The molecule has 2 N–H and O–H groups in total. The third kappa shape index (κ3) is 4.12. The van der Waals surface area contributed by atoms with Crippen molar-refractivity contribution in [1.82, 2.24) is 10.6 Å². The summed E-state index contributed by atoms with van der Waals surface area (Å²) in [6.07, 6.45) is 2.14. The highest BCUT2D eigenvalue weighted by Crippen LogP contribution is 2.29. The molecule has 0 bridgehead atoms. The Morgan fingerprint density at radius 3 is 2.35 bits per heavy atom. The fourth-order valence-electron chi connectivity index (χ4n) is 3.14. The summed E-state index contributed by atoms with van der Waals surface area (Å²) in [6, 6.07) is 17.3. The van der Waals surface area contributed by atoms with Gasteiger partial charge in [0, 0.05) is 10.6 Å². The predicted molar refractivity (Wildman–Crippen MR) is 93.7 cm³/mol. The maximum Gasteiger partial charge on any atom is 0.251 e. The van der Waals surface area contributed by atoms with Crippen molar-refractivity contribution in [2.45, 2.75) is 18.9 Å². The quantitative estimate of drug-likeness (QED) is 0.896. The van der Waals surface area contributed by atoms with Crippen LogP contribution in [-0.4, -0.2) is 19.0 Å². The van der Waals surface area contributed by atoms with Crippen LogP contribution < -0.4 is 10.6 Å². The highest BCUT2D eigenvalue weighted by atomic mass is 35.5. The summed E-state index contributed by atoms with van der Waals surface area (Å²) in [4.78, 5) is 12.6. The number of carbonyl (C=O) groups excluding carboxylic acids is 1. The monoisotopic (exact) mass is 328 g/mol. The normalized spacial score (nSPS) is 16.7. The Morgan fingerprint density at radius 2 is 1.70 bits per heavy atom. The van der Waals surface area contributed by atoms with E-state index in [4.69, 9.17) is 11.6 Å². The highest BCUT2D eigenvalue weighted by Gasteiger charge is 2.26. The van der Waals surface area contributed by atoms with Crippen molar-refractivity contribution in [2.75, 3.05) is 13.1 Å². The lowest BCUT2D eigenvalue weighted by atomic mass is 9.85. The van der Waals surface area contributed by atoms with Crippen molar-refractivity contribution in [3.8, 4) is 0 Å². The largest absolute Gasteiger partial charge is 0.345 e. The smallest absolute Gasteiger partial charge is 0.251 e. The minimum Gasteiger partial charge on any atom is -0.345 e. The molecule has 1 aliphatic rings. The van der Waals surface area contributed by atoms with Crippen LogP contribution in [-0.2, 0) is 0 Å². The van der Waals surface area contributed by atoms with Crippen molar-refractivity contribution in [1.29, 1.82) is 0 Å². The van der Waals surface area contributed by atoms with Crippen LogP contribution in [0, 0.1) is 5.92 Å².